The molecule has 0 fully saturated rings. The van der Waals surface area contributed by atoms with Crippen LogP contribution in [0.3, 0.4) is 0 Å². The first kappa shape index (κ1) is 11.4. The number of benzene rings is 1. The zero-order valence-electron chi connectivity index (χ0n) is 7.99. The van der Waals surface area contributed by atoms with E-state index in [4.69, 9.17) is 5.11 Å². The minimum atomic E-state index is 0. The van der Waals surface area contributed by atoms with E-state index in [0.717, 1.165) is 19.5 Å². The highest BCUT2D eigenvalue weighted by molar-refractivity contribution is 5.78. The second kappa shape index (κ2) is 5.27. The van der Waals surface area contributed by atoms with Gasteiger partial charge in [-0.25, -0.2) is 4.58 Å². The average Bonchev–Trinajstić information content (AvgIpc) is 2.18. The van der Waals surface area contributed by atoms with Gasteiger partial charge < -0.3 is 22.1 Å². The van der Waals surface area contributed by atoms with Gasteiger partial charge in [0, 0.05) is 12.0 Å². The Hall–Kier alpha value is -0.670. The maximum absolute atomic E-state index is 8.80. The van der Waals surface area contributed by atoms with E-state index in [1.54, 1.807) is 0 Å². The lowest BCUT2D eigenvalue weighted by Crippen LogP contribution is -3.00. The average molecular weight is 256 g/mol. The van der Waals surface area contributed by atoms with Gasteiger partial charge in [0.1, 0.15) is 13.2 Å². The highest BCUT2D eigenvalue weighted by atomic mass is 79.9. The third kappa shape index (κ3) is 2.42. The fraction of sp³-hybridized carbons (Fsp3) is 0.364. The second-order valence-electron chi connectivity index (χ2n) is 3.34. The normalized spacial score (nSPS) is 13.9. The van der Waals surface area contributed by atoms with Crippen molar-refractivity contribution in [2.75, 3.05) is 19.7 Å². The van der Waals surface area contributed by atoms with Crippen LogP contribution in [0.15, 0.2) is 24.3 Å². The van der Waals surface area contributed by atoms with E-state index in [1.807, 2.05) is 0 Å². The van der Waals surface area contributed by atoms with E-state index in [2.05, 4.69) is 35.1 Å². The highest BCUT2D eigenvalue weighted by Gasteiger charge is 2.13. The minimum absolute atomic E-state index is 0. The maximum atomic E-state index is 8.80. The van der Waals surface area contributed by atoms with Gasteiger partial charge >= 0.3 is 0 Å². The largest absolute Gasteiger partial charge is 1.00 e. The van der Waals surface area contributed by atoms with Gasteiger partial charge in [0.2, 0.25) is 0 Å². The number of hydrogen-bond acceptors (Lipinski definition) is 1. The van der Waals surface area contributed by atoms with Crippen molar-refractivity contribution in [2.45, 2.75) is 6.42 Å². The Balaban J connectivity index is 0.000000980. The van der Waals surface area contributed by atoms with Gasteiger partial charge in [-0.3, -0.25) is 0 Å². The third-order valence-corrected chi connectivity index (χ3v) is 2.43. The highest BCUT2D eigenvalue weighted by Crippen LogP contribution is 2.10. The molecule has 2 nitrogen and oxygen atoms in total. The molecular formula is C11H14BrNO. The molecule has 1 aromatic carbocycles. The van der Waals surface area contributed by atoms with Crippen molar-refractivity contribution in [3.05, 3.63) is 35.4 Å². The molecular weight excluding hydrogens is 242 g/mol. The Morgan fingerprint density at radius 2 is 2.07 bits per heavy atom. The van der Waals surface area contributed by atoms with Crippen LogP contribution in [-0.4, -0.2) is 35.6 Å². The van der Waals surface area contributed by atoms with E-state index in [1.165, 1.54) is 11.1 Å². The van der Waals surface area contributed by atoms with E-state index in [-0.39, 0.29) is 23.6 Å². The maximum Gasteiger partial charge on any atom is 0.171 e. The molecule has 1 aliphatic heterocycles. The van der Waals surface area contributed by atoms with Crippen molar-refractivity contribution in [1.82, 2.24) is 0 Å². The van der Waals surface area contributed by atoms with Crippen LogP contribution in [0.4, 0.5) is 0 Å². The molecule has 1 aliphatic rings. The summed E-state index contributed by atoms with van der Waals surface area (Å²) in [6, 6.07) is 8.42. The minimum Gasteiger partial charge on any atom is -1.00 e. The lowest BCUT2D eigenvalue weighted by molar-refractivity contribution is -0.526. The van der Waals surface area contributed by atoms with Crippen LogP contribution in [0, 0.1) is 0 Å². The summed E-state index contributed by atoms with van der Waals surface area (Å²) in [6.07, 6.45) is 3.22. The molecule has 1 N–H and O–H groups in total. The van der Waals surface area contributed by atoms with Gasteiger partial charge in [-0.2, -0.15) is 0 Å². The zero-order valence-corrected chi connectivity index (χ0v) is 9.57. The number of hydrogen-bond donors (Lipinski definition) is 1. The molecule has 0 unspecified atom stereocenters. The van der Waals surface area contributed by atoms with Crippen molar-refractivity contribution in [2.24, 2.45) is 0 Å². The molecule has 0 atom stereocenters. The molecule has 1 aromatic rings. The van der Waals surface area contributed by atoms with Gasteiger partial charge in [0.15, 0.2) is 12.8 Å². The summed E-state index contributed by atoms with van der Waals surface area (Å²) in [5.74, 6) is 0. The molecule has 0 bridgehead atoms. The number of β-amino-alcohol motifs (C(OH)–C–C–N with tert-alkyl or cyclic N) is 1. The monoisotopic (exact) mass is 255 g/mol. The van der Waals surface area contributed by atoms with Gasteiger partial charge in [0.05, 0.1) is 0 Å². The first-order valence-corrected chi connectivity index (χ1v) is 4.68. The number of aliphatic hydroxyl groups excluding tert-OH is 1. The van der Waals surface area contributed by atoms with Crippen LogP contribution in [0.2, 0.25) is 0 Å². The molecule has 0 spiro atoms. The van der Waals surface area contributed by atoms with Crippen molar-refractivity contribution < 1.29 is 26.7 Å². The Bertz CT molecular complexity index is 336. The Morgan fingerprint density at radius 1 is 1.29 bits per heavy atom. The molecule has 2 rings (SSSR count). The topological polar surface area (TPSA) is 23.2 Å². The van der Waals surface area contributed by atoms with Crippen LogP contribution >= 0.6 is 0 Å². The van der Waals surface area contributed by atoms with Crippen LogP contribution < -0.4 is 17.0 Å². The SMILES string of the molecule is OCC[N+]1=Cc2ccccc2CC1.[Br-]. The summed E-state index contributed by atoms with van der Waals surface area (Å²) in [7, 11) is 0. The van der Waals surface area contributed by atoms with Crippen LogP contribution in [0.5, 0.6) is 0 Å². The van der Waals surface area contributed by atoms with Crippen molar-refractivity contribution >= 4 is 6.21 Å². The Morgan fingerprint density at radius 3 is 2.86 bits per heavy atom. The molecule has 0 aliphatic carbocycles. The van der Waals surface area contributed by atoms with Gasteiger partial charge in [-0.1, -0.05) is 18.2 Å². The summed E-state index contributed by atoms with van der Waals surface area (Å²) in [5, 5.41) is 8.80. The summed E-state index contributed by atoms with van der Waals surface area (Å²) in [6.45, 7) is 2.00. The fourth-order valence-corrected chi connectivity index (χ4v) is 1.72. The Labute approximate surface area is 94.7 Å². The zero-order chi connectivity index (χ0) is 9.10. The van der Waals surface area contributed by atoms with Gasteiger partial charge in [-0.05, 0) is 11.6 Å². The molecule has 76 valence electrons. The predicted molar refractivity (Wildman–Crippen MR) is 52.4 cm³/mol. The van der Waals surface area contributed by atoms with Gasteiger partial charge in [0.25, 0.3) is 0 Å². The summed E-state index contributed by atoms with van der Waals surface area (Å²) in [4.78, 5) is 0. The van der Waals surface area contributed by atoms with Gasteiger partial charge in [-0.15, -0.1) is 0 Å². The molecule has 0 saturated heterocycles. The Kier molecular flexibility index (Phi) is 4.29. The fourth-order valence-electron chi connectivity index (χ4n) is 1.72. The van der Waals surface area contributed by atoms with Crippen molar-refractivity contribution in [3.8, 4) is 0 Å². The molecule has 0 amide bonds. The quantitative estimate of drug-likeness (QED) is 0.589. The lowest BCUT2D eigenvalue weighted by Gasteiger charge is -2.10. The predicted octanol–water partition coefficient (Wildman–Crippen LogP) is -2.33. The number of fused-ring (bicyclic) bond motifs is 1. The number of halogens is 1. The number of aliphatic hydroxyl groups is 1. The molecule has 0 aromatic heterocycles. The molecule has 0 saturated carbocycles. The third-order valence-electron chi connectivity index (χ3n) is 2.43. The molecule has 1 heterocycles. The number of rotatable bonds is 2. The van der Waals surface area contributed by atoms with E-state index in [9.17, 15) is 0 Å². The first-order chi connectivity index (χ1) is 6.40. The van der Waals surface area contributed by atoms with Crippen molar-refractivity contribution in [1.29, 1.82) is 0 Å². The lowest BCUT2D eigenvalue weighted by atomic mass is 10.0. The molecule has 0 radical (unpaired) electrons. The van der Waals surface area contributed by atoms with Crippen molar-refractivity contribution in [3.63, 3.8) is 0 Å². The van der Waals surface area contributed by atoms with Crippen LogP contribution in [-0.2, 0) is 6.42 Å². The first-order valence-electron chi connectivity index (χ1n) is 4.68. The smallest absolute Gasteiger partial charge is 0.171 e. The molecule has 3 heteroatoms. The second-order valence-corrected chi connectivity index (χ2v) is 3.34. The van der Waals surface area contributed by atoms with Crippen LogP contribution in [0.25, 0.3) is 0 Å². The number of nitrogens with zero attached hydrogens (tertiary/aromatic N) is 1. The van der Waals surface area contributed by atoms with Crippen LogP contribution in [0.1, 0.15) is 11.1 Å². The summed E-state index contributed by atoms with van der Waals surface area (Å²) < 4.78 is 2.17. The molecule has 14 heavy (non-hydrogen) atoms. The standard InChI is InChI=1S/C11H14NO.BrH/c13-8-7-12-6-5-10-3-1-2-4-11(10)9-12;/h1-4,9,13H,5-8H2;1H/q+1;/p-1. The van der Waals surface area contributed by atoms with E-state index in [0.29, 0.717) is 0 Å². The van der Waals surface area contributed by atoms with E-state index < -0.39 is 0 Å². The summed E-state index contributed by atoms with van der Waals surface area (Å²) >= 11 is 0. The van der Waals surface area contributed by atoms with E-state index >= 15 is 0 Å². The summed E-state index contributed by atoms with van der Waals surface area (Å²) in [5.41, 5.74) is 2.71.